The summed E-state index contributed by atoms with van der Waals surface area (Å²) < 4.78 is 18.0. The lowest BCUT2D eigenvalue weighted by atomic mass is 10.2. The topological polar surface area (TPSA) is 58.6 Å². The Morgan fingerprint density at radius 2 is 1.92 bits per heavy atom. The fraction of sp³-hybridized carbons (Fsp3) is 0.158. The molecule has 0 radical (unpaired) electrons. The van der Waals surface area contributed by atoms with E-state index in [9.17, 15) is 14.0 Å². The number of nitrogens with zero attached hydrogens (tertiary/aromatic N) is 1. The minimum absolute atomic E-state index is 0.151. The Balaban J connectivity index is 1.95. The highest BCUT2D eigenvalue weighted by molar-refractivity contribution is 6.31. The molecule has 0 saturated heterocycles. The zero-order valence-corrected chi connectivity index (χ0v) is 15.1. The maximum atomic E-state index is 12.9. The van der Waals surface area contributed by atoms with Gasteiger partial charge in [-0.25, -0.2) is 4.39 Å². The summed E-state index contributed by atoms with van der Waals surface area (Å²) in [6.07, 6.45) is 2.87. The van der Waals surface area contributed by atoms with E-state index in [1.54, 1.807) is 36.4 Å². The second-order valence-corrected chi connectivity index (χ2v) is 5.91. The van der Waals surface area contributed by atoms with Crippen molar-refractivity contribution in [2.24, 2.45) is 0 Å². The quantitative estimate of drug-likeness (QED) is 0.784. The van der Waals surface area contributed by atoms with Gasteiger partial charge in [0.15, 0.2) is 0 Å². The van der Waals surface area contributed by atoms with Crippen LogP contribution in [0.3, 0.4) is 0 Å². The van der Waals surface area contributed by atoms with E-state index in [0.29, 0.717) is 22.0 Å². The molecule has 0 heterocycles. The monoisotopic (exact) mass is 376 g/mol. The van der Waals surface area contributed by atoms with Crippen LogP contribution in [0.25, 0.3) is 6.08 Å². The van der Waals surface area contributed by atoms with Crippen LogP contribution in [0.15, 0.2) is 48.5 Å². The number of likely N-dealkylation sites (N-methyl/N-ethyl adjacent to an activating group) is 1. The summed E-state index contributed by atoms with van der Waals surface area (Å²) in [5.74, 6) is -0.634. The number of benzene rings is 2. The number of nitrogens with one attached hydrogen (secondary N) is 1. The number of halogens is 2. The van der Waals surface area contributed by atoms with Crippen molar-refractivity contribution in [3.8, 4) is 5.75 Å². The van der Waals surface area contributed by atoms with E-state index >= 15 is 0 Å². The minimum atomic E-state index is -0.392. The Labute approximate surface area is 156 Å². The van der Waals surface area contributed by atoms with Crippen molar-refractivity contribution in [3.05, 3.63) is 64.9 Å². The average Bonchev–Trinajstić information content (AvgIpc) is 2.61. The third-order valence-corrected chi connectivity index (χ3v) is 3.72. The van der Waals surface area contributed by atoms with E-state index in [2.05, 4.69) is 5.32 Å². The molecule has 0 aliphatic heterocycles. The Bertz CT molecular complexity index is 822. The highest BCUT2D eigenvalue weighted by atomic mass is 35.5. The number of ether oxygens (including phenoxy) is 1. The molecule has 0 aliphatic rings. The van der Waals surface area contributed by atoms with E-state index in [0.717, 1.165) is 0 Å². The molecule has 136 valence electrons. The molecule has 0 atom stereocenters. The number of carbonyl (C=O) groups excluding carboxylic acids is 2. The summed E-state index contributed by atoms with van der Waals surface area (Å²) in [6.45, 7) is -0.151. The standard InChI is InChI=1S/C19H18ClFN2O3/c1-23(19(25)10-5-13-3-7-15(21)8-4-13)12-18(24)22-16-11-14(20)6-9-17(16)26-2/h3-11H,12H2,1-2H3,(H,22,24). The third-order valence-electron chi connectivity index (χ3n) is 3.48. The van der Waals surface area contributed by atoms with Crippen LogP contribution >= 0.6 is 11.6 Å². The maximum absolute atomic E-state index is 12.9. The lowest BCUT2D eigenvalue weighted by Crippen LogP contribution is -2.33. The van der Waals surface area contributed by atoms with Gasteiger partial charge in [0.05, 0.1) is 19.3 Å². The van der Waals surface area contributed by atoms with Gasteiger partial charge in [0, 0.05) is 18.1 Å². The number of amides is 2. The van der Waals surface area contributed by atoms with Crippen molar-refractivity contribution >= 4 is 35.2 Å². The zero-order chi connectivity index (χ0) is 19.1. The third kappa shape index (κ3) is 5.60. The highest BCUT2D eigenvalue weighted by Gasteiger charge is 2.13. The van der Waals surface area contributed by atoms with Crippen molar-refractivity contribution in [3.63, 3.8) is 0 Å². The van der Waals surface area contributed by atoms with Gasteiger partial charge in [-0.15, -0.1) is 0 Å². The van der Waals surface area contributed by atoms with Gasteiger partial charge in [-0.1, -0.05) is 23.7 Å². The van der Waals surface area contributed by atoms with Crippen LogP contribution < -0.4 is 10.1 Å². The molecular weight excluding hydrogens is 359 g/mol. The van der Waals surface area contributed by atoms with Crippen molar-refractivity contribution in [1.29, 1.82) is 0 Å². The predicted molar refractivity (Wildman–Crippen MR) is 99.7 cm³/mol. The molecular formula is C19H18ClFN2O3. The lowest BCUT2D eigenvalue weighted by molar-refractivity contribution is -0.129. The van der Waals surface area contributed by atoms with Gasteiger partial charge in [-0.2, -0.15) is 0 Å². The van der Waals surface area contributed by atoms with Crippen LogP contribution in [0.1, 0.15) is 5.56 Å². The van der Waals surface area contributed by atoms with Crippen molar-refractivity contribution in [1.82, 2.24) is 4.90 Å². The summed E-state index contributed by atoms with van der Waals surface area (Å²) in [7, 11) is 2.99. The van der Waals surface area contributed by atoms with Crippen LogP contribution in [0.5, 0.6) is 5.75 Å². The molecule has 0 aliphatic carbocycles. The van der Waals surface area contributed by atoms with Crippen molar-refractivity contribution < 1.29 is 18.7 Å². The first-order valence-corrected chi connectivity index (χ1v) is 8.09. The van der Waals surface area contributed by atoms with Gasteiger partial charge < -0.3 is 15.0 Å². The number of hydrogen-bond donors (Lipinski definition) is 1. The molecule has 0 fully saturated rings. The first kappa shape index (κ1) is 19.5. The van der Waals surface area contributed by atoms with E-state index in [1.165, 1.54) is 37.3 Å². The molecule has 0 unspecified atom stereocenters. The molecule has 7 heteroatoms. The van der Waals surface area contributed by atoms with Gasteiger partial charge in [0.2, 0.25) is 11.8 Å². The molecule has 2 amide bonds. The van der Waals surface area contributed by atoms with Gasteiger partial charge in [-0.3, -0.25) is 9.59 Å². The molecule has 2 rings (SSSR count). The first-order valence-electron chi connectivity index (χ1n) is 7.71. The van der Waals surface area contributed by atoms with E-state index in [1.807, 2.05) is 0 Å². The summed E-state index contributed by atoms with van der Waals surface area (Å²) in [5.41, 5.74) is 1.11. The lowest BCUT2D eigenvalue weighted by Gasteiger charge is -2.16. The van der Waals surface area contributed by atoms with Crippen LogP contribution in [-0.4, -0.2) is 37.4 Å². The summed E-state index contributed by atoms with van der Waals surface area (Å²) in [5, 5.41) is 3.11. The van der Waals surface area contributed by atoms with Crippen LogP contribution in [0.2, 0.25) is 5.02 Å². The highest BCUT2D eigenvalue weighted by Crippen LogP contribution is 2.27. The molecule has 5 nitrogen and oxygen atoms in total. The second-order valence-electron chi connectivity index (χ2n) is 5.47. The summed E-state index contributed by atoms with van der Waals surface area (Å²) in [6, 6.07) is 10.6. The smallest absolute Gasteiger partial charge is 0.246 e. The normalized spacial score (nSPS) is 10.6. The Kier molecular flexibility index (Phi) is 6.74. The van der Waals surface area contributed by atoms with Gasteiger partial charge >= 0.3 is 0 Å². The van der Waals surface area contributed by atoms with E-state index in [4.69, 9.17) is 16.3 Å². The van der Waals surface area contributed by atoms with Crippen LogP contribution in [0, 0.1) is 5.82 Å². The number of methoxy groups -OCH3 is 1. The number of carbonyl (C=O) groups is 2. The molecule has 0 bridgehead atoms. The SMILES string of the molecule is COc1ccc(Cl)cc1NC(=O)CN(C)C(=O)C=Cc1ccc(F)cc1. The molecule has 0 spiro atoms. The van der Waals surface area contributed by atoms with Gasteiger partial charge in [0.1, 0.15) is 11.6 Å². The average molecular weight is 377 g/mol. The van der Waals surface area contributed by atoms with Gasteiger partial charge in [-0.05, 0) is 42.0 Å². The Hall–Kier alpha value is -2.86. The Morgan fingerprint density at radius 3 is 2.58 bits per heavy atom. The zero-order valence-electron chi connectivity index (χ0n) is 14.3. The van der Waals surface area contributed by atoms with Crippen molar-refractivity contribution in [2.75, 3.05) is 26.0 Å². The van der Waals surface area contributed by atoms with E-state index in [-0.39, 0.29) is 18.3 Å². The molecule has 2 aromatic carbocycles. The second kappa shape index (κ2) is 9.01. The number of anilines is 1. The number of hydrogen-bond acceptors (Lipinski definition) is 3. The molecule has 26 heavy (non-hydrogen) atoms. The molecule has 1 N–H and O–H groups in total. The van der Waals surface area contributed by atoms with Crippen molar-refractivity contribution in [2.45, 2.75) is 0 Å². The fourth-order valence-electron chi connectivity index (χ4n) is 2.13. The number of rotatable bonds is 6. The van der Waals surface area contributed by atoms with E-state index < -0.39 is 5.91 Å². The largest absolute Gasteiger partial charge is 0.495 e. The summed E-state index contributed by atoms with van der Waals surface area (Å²) in [4.78, 5) is 25.5. The van der Waals surface area contributed by atoms with Crippen LogP contribution in [0.4, 0.5) is 10.1 Å². The molecule has 0 saturated carbocycles. The van der Waals surface area contributed by atoms with Crippen LogP contribution in [-0.2, 0) is 9.59 Å². The Morgan fingerprint density at radius 1 is 1.23 bits per heavy atom. The predicted octanol–water partition coefficient (Wildman–Crippen LogP) is 3.60. The maximum Gasteiger partial charge on any atom is 0.246 e. The molecule has 2 aromatic rings. The first-order chi connectivity index (χ1) is 12.4. The fourth-order valence-corrected chi connectivity index (χ4v) is 2.30. The molecule has 0 aromatic heterocycles. The van der Waals surface area contributed by atoms with Gasteiger partial charge in [0.25, 0.3) is 0 Å². The minimum Gasteiger partial charge on any atom is -0.495 e. The summed E-state index contributed by atoms with van der Waals surface area (Å²) >= 11 is 5.92.